The number of nitrogens with zero attached hydrogens (tertiary/aromatic N) is 2. The summed E-state index contributed by atoms with van der Waals surface area (Å²) in [6, 6.07) is 2.62. The third-order valence-corrected chi connectivity index (χ3v) is 3.84. The number of alkyl halides is 3. The fourth-order valence-corrected chi connectivity index (χ4v) is 2.11. The van der Waals surface area contributed by atoms with Crippen LogP contribution in [0.4, 0.5) is 18.9 Å². The van der Waals surface area contributed by atoms with Gasteiger partial charge in [0, 0.05) is 31.8 Å². The second kappa shape index (κ2) is 8.53. The number of hydrogen-bond acceptors (Lipinski definition) is 4. The number of halogens is 3. The van der Waals surface area contributed by atoms with Crippen LogP contribution in [0.25, 0.3) is 0 Å². The predicted octanol–water partition coefficient (Wildman–Crippen LogP) is 3.40. The normalized spacial score (nSPS) is 14.6. The van der Waals surface area contributed by atoms with Gasteiger partial charge >= 0.3 is 6.18 Å². The quantitative estimate of drug-likeness (QED) is 0.569. The van der Waals surface area contributed by atoms with Gasteiger partial charge in [-0.15, -0.1) is 0 Å². The van der Waals surface area contributed by atoms with Crippen LogP contribution in [-0.2, 0) is 10.3 Å². The summed E-state index contributed by atoms with van der Waals surface area (Å²) in [6.07, 6.45) is -3.34. The zero-order chi connectivity index (χ0) is 19.3. The first-order chi connectivity index (χ1) is 11.6. The Balaban J connectivity index is 3.43. The molecule has 0 bridgehead atoms. The first-order valence-electron chi connectivity index (χ1n) is 7.91. The van der Waals surface area contributed by atoms with E-state index in [0.717, 1.165) is 6.54 Å². The van der Waals surface area contributed by atoms with Gasteiger partial charge in [-0.3, -0.25) is 0 Å². The van der Waals surface area contributed by atoms with E-state index in [4.69, 9.17) is 9.47 Å². The van der Waals surface area contributed by atoms with Crippen molar-refractivity contribution in [3.8, 4) is 5.75 Å². The van der Waals surface area contributed by atoms with Crippen molar-refractivity contribution in [3.63, 3.8) is 0 Å². The van der Waals surface area contributed by atoms with Crippen LogP contribution in [0, 0.1) is 6.92 Å². The standard InChI is InChI=1S/C17H25F3N2O3/c1-6-22(4)11-21-14-9-15(24-5)13(8-12(14)3)16(23,10-25-7-2)17(18,19)20/h8-9,11,23H,6-7,10H2,1-5H3/b21-11+. The van der Waals surface area contributed by atoms with Crippen LogP contribution >= 0.6 is 0 Å². The molecule has 5 nitrogen and oxygen atoms in total. The summed E-state index contributed by atoms with van der Waals surface area (Å²) < 4.78 is 50.6. The Bertz CT molecular complexity index is 606. The lowest BCUT2D eigenvalue weighted by Crippen LogP contribution is -2.46. The van der Waals surface area contributed by atoms with E-state index in [1.54, 1.807) is 20.2 Å². The number of ether oxygens (including phenoxy) is 2. The summed E-state index contributed by atoms with van der Waals surface area (Å²) in [5.41, 5.74) is -2.62. The molecular formula is C17H25F3N2O3. The maximum atomic E-state index is 13.5. The molecule has 1 rings (SSSR count). The highest BCUT2D eigenvalue weighted by Gasteiger charge is 2.56. The van der Waals surface area contributed by atoms with E-state index in [1.807, 2.05) is 18.9 Å². The van der Waals surface area contributed by atoms with E-state index in [0.29, 0.717) is 11.3 Å². The molecule has 0 amide bonds. The summed E-state index contributed by atoms with van der Waals surface area (Å²) >= 11 is 0. The van der Waals surface area contributed by atoms with E-state index in [9.17, 15) is 18.3 Å². The number of benzene rings is 1. The zero-order valence-corrected chi connectivity index (χ0v) is 15.1. The van der Waals surface area contributed by atoms with Gasteiger partial charge in [0.2, 0.25) is 5.60 Å². The maximum absolute atomic E-state index is 13.5. The highest BCUT2D eigenvalue weighted by molar-refractivity contribution is 5.65. The highest BCUT2D eigenvalue weighted by Crippen LogP contribution is 2.44. The van der Waals surface area contributed by atoms with E-state index in [2.05, 4.69) is 4.99 Å². The Morgan fingerprint density at radius 1 is 1.28 bits per heavy atom. The fourth-order valence-electron chi connectivity index (χ4n) is 2.11. The zero-order valence-electron chi connectivity index (χ0n) is 15.1. The number of aliphatic hydroxyl groups is 1. The second-order valence-corrected chi connectivity index (χ2v) is 5.65. The summed E-state index contributed by atoms with van der Waals surface area (Å²) in [5, 5.41) is 10.4. The molecule has 0 radical (unpaired) electrons. The molecule has 1 atom stereocenters. The van der Waals surface area contributed by atoms with Crippen molar-refractivity contribution in [2.45, 2.75) is 32.5 Å². The van der Waals surface area contributed by atoms with Gasteiger partial charge in [-0.2, -0.15) is 13.2 Å². The van der Waals surface area contributed by atoms with Crippen molar-refractivity contribution < 1.29 is 27.8 Å². The Kier molecular flexibility index (Phi) is 7.25. The van der Waals surface area contributed by atoms with Crippen molar-refractivity contribution in [2.75, 3.05) is 33.9 Å². The van der Waals surface area contributed by atoms with E-state index < -0.39 is 23.9 Å². The summed E-state index contributed by atoms with van der Waals surface area (Å²) in [7, 11) is 3.08. The van der Waals surface area contributed by atoms with Crippen LogP contribution in [0.3, 0.4) is 0 Å². The van der Waals surface area contributed by atoms with Crippen molar-refractivity contribution in [3.05, 3.63) is 23.3 Å². The van der Waals surface area contributed by atoms with Crippen molar-refractivity contribution in [1.82, 2.24) is 4.90 Å². The van der Waals surface area contributed by atoms with Crippen LogP contribution < -0.4 is 4.74 Å². The van der Waals surface area contributed by atoms with Gasteiger partial charge in [0.25, 0.3) is 0 Å². The minimum absolute atomic E-state index is 0.0470. The molecule has 0 heterocycles. The third-order valence-electron chi connectivity index (χ3n) is 3.84. The van der Waals surface area contributed by atoms with Crippen LogP contribution in [0.5, 0.6) is 5.75 Å². The minimum Gasteiger partial charge on any atom is -0.496 e. The number of aryl methyl sites for hydroxylation is 1. The van der Waals surface area contributed by atoms with Gasteiger partial charge in [-0.25, -0.2) is 4.99 Å². The number of aliphatic imine (C=N–C) groups is 1. The Labute approximate surface area is 146 Å². The molecule has 0 spiro atoms. The van der Waals surface area contributed by atoms with Gasteiger partial charge in [0.1, 0.15) is 5.75 Å². The number of methoxy groups -OCH3 is 1. The highest BCUT2D eigenvalue weighted by atomic mass is 19.4. The number of hydrogen-bond donors (Lipinski definition) is 1. The maximum Gasteiger partial charge on any atom is 0.423 e. The molecule has 0 aliphatic rings. The van der Waals surface area contributed by atoms with Gasteiger partial charge in [0.15, 0.2) is 0 Å². The summed E-state index contributed by atoms with van der Waals surface area (Å²) in [4.78, 5) is 6.08. The molecule has 1 aromatic carbocycles. The lowest BCUT2D eigenvalue weighted by molar-refractivity contribution is -0.282. The van der Waals surface area contributed by atoms with Crippen molar-refractivity contribution in [2.24, 2.45) is 4.99 Å². The van der Waals surface area contributed by atoms with E-state index >= 15 is 0 Å². The molecule has 8 heteroatoms. The molecule has 0 saturated heterocycles. The van der Waals surface area contributed by atoms with Gasteiger partial charge in [0.05, 0.1) is 25.7 Å². The Morgan fingerprint density at radius 3 is 2.40 bits per heavy atom. The molecule has 0 aliphatic heterocycles. The minimum atomic E-state index is -4.92. The van der Waals surface area contributed by atoms with Crippen LogP contribution in [0.1, 0.15) is 25.0 Å². The SMILES string of the molecule is CCOCC(O)(c1cc(C)c(/N=C/N(C)CC)cc1OC)C(F)(F)F. The molecule has 1 aromatic rings. The molecule has 142 valence electrons. The molecule has 0 aliphatic carbocycles. The molecule has 0 aromatic heterocycles. The molecule has 0 saturated carbocycles. The monoisotopic (exact) mass is 362 g/mol. The van der Waals surface area contributed by atoms with Crippen molar-refractivity contribution >= 4 is 12.0 Å². The first-order valence-corrected chi connectivity index (χ1v) is 7.91. The number of rotatable bonds is 8. The van der Waals surface area contributed by atoms with Crippen LogP contribution in [0.15, 0.2) is 17.1 Å². The largest absolute Gasteiger partial charge is 0.496 e. The predicted molar refractivity (Wildman–Crippen MR) is 90.6 cm³/mol. The van der Waals surface area contributed by atoms with Crippen molar-refractivity contribution in [1.29, 1.82) is 0 Å². The lowest BCUT2D eigenvalue weighted by Gasteiger charge is -2.32. The fraction of sp³-hybridized carbons (Fsp3) is 0.588. The van der Waals surface area contributed by atoms with E-state index in [1.165, 1.54) is 19.2 Å². The van der Waals surface area contributed by atoms with Crippen LogP contribution in [-0.4, -0.2) is 56.4 Å². The average molecular weight is 362 g/mol. The molecule has 1 N–H and O–H groups in total. The molecule has 25 heavy (non-hydrogen) atoms. The lowest BCUT2D eigenvalue weighted by atomic mass is 9.91. The van der Waals surface area contributed by atoms with Gasteiger partial charge < -0.3 is 19.5 Å². The average Bonchev–Trinajstić information content (AvgIpc) is 2.56. The van der Waals surface area contributed by atoms with E-state index in [-0.39, 0.29) is 12.4 Å². The molecule has 0 fully saturated rings. The Hall–Kier alpha value is -1.80. The molecule has 1 unspecified atom stereocenters. The third kappa shape index (κ3) is 4.85. The second-order valence-electron chi connectivity index (χ2n) is 5.65. The Morgan fingerprint density at radius 2 is 1.92 bits per heavy atom. The van der Waals surface area contributed by atoms with Crippen LogP contribution in [0.2, 0.25) is 0 Å². The van der Waals surface area contributed by atoms with Gasteiger partial charge in [-0.05, 0) is 32.4 Å². The smallest absolute Gasteiger partial charge is 0.423 e. The summed E-state index contributed by atoms with van der Waals surface area (Å²) in [6.45, 7) is 5.00. The first kappa shape index (κ1) is 21.2. The summed E-state index contributed by atoms with van der Waals surface area (Å²) in [5.74, 6) is -0.101. The topological polar surface area (TPSA) is 54.3 Å². The molecular weight excluding hydrogens is 337 g/mol. The van der Waals surface area contributed by atoms with Gasteiger partial charge in [-0.1, -0.05) is 0 Å².